The van der Waals surface area contributed by atoms with E-state index in [0.29, 0.717) is 24.3 Å². The van der Waals surface area contributed by atoms with Gasteiger partial charge >= 0.3 is 0 Å². The highest BCUT2D eigenvalue weighted by molar-refractivity contribution is 6.08. The molecule has 4 rings (SSSR count). The summed E-state index contributed by atoms with van der Waals surface area (Å²) in [5, 5.41) is 3.05. The largest absolute Gasteiger partial charge is 0.378 e. The van der Waals surface area contributed by atoms with Crippen molar-refractivity contribution in [2.75, 3.05) is 19.0 Å². The number of amides is 1. The van der Waals surface area contributed by atoms with E-state index < -0.39 is 0 Å². The van der Waals surface area contributed by atoms with Gasteiger partial charge in [0.2, 0.25) is 11.7 Å². The van der Waals surface area contributed by atoms with Crippen LogP contribution >= 0.6 is 0 Å². The summed E-state index contributed by atoms with van der Waals surface area (Å²) in [6.45, 7) is 1.19. The SMILES string of the molecule is CN(C)c1ccc(CNC(=O)[C@H]2CCn3c(C(=O)c4ccccc4)ccc32)cc1. The molecule has 5 nitrogen and oxygen atoms in total. The van der Waals surface area contributed by atoms with Crippen LogP contribution < -0.4 is 10.2 Å². The molecule has 148 valence electrons. The second-order valence-electron chi connectivity index (χ2n) is 7.61. The highest BCUT2D eigenvalue weighted by Crippen LogP contribution is 2.31. The first-order valence-corrected chi connectivity index (χ1v) is 9.88. The van der Waals surface area contributed by atoms with Crippen molar-refractivity contribution >= 4 is 17.4 Å². The number of nitrogens with one attached hydrogen (secondary N) is 1. The lowest BCUT2D eigenvalue weighted by atomic mass is 10.0. The van der Waals surface area contributed by atoms with Gasteiger partial charge in [-0.2, -0.15) is 0 Å². The fourth-order valence-corrected chi connectivity index (χ4v) is 3.87. The van der Waals surface area contributed by atoms with Crippen LogP contribution in [0.1, 0.15) is 39.6 Å². The fraction of sp³-hybridized carbons (Fsp3) is 0.250. The van der Waals surface area contributed by atoms with Crippen LogP contribution in [-0.4, -0.2) is 30.4 Å². The minimum Gasteiger partial charge on any atom is -0.378 e. The molecule has 0 fully saturated rings. The van der Waals surface area contributed by atoms with E-state index >= 15 is 0 Å². The van der Waals surface area contributed by atoms with Gasteiger partial charge in [0, 0.05) is 44.1 Å². The third-order valence-electron chi connectivity index (χ3n) is 5.52. The molecule has 1 N–H and O–H groups in total. The zero-order valence-corrected chi connectivity index (χ0v) is 16.8. The molecule has 2 heterocycles. The lowest BCUT2D eigenvalue weighted by Gasteiger charge is -2.14. The Labute approximate surface area is 171 Å². The number of anilines is 1. The van der Waals surface area contributed by atoms with Crippen LogP contribution in [0.4, 0.5) is 5.69 Å². The first-order chi connectivity index (χ1) is 14.0. The molecule has 1 atom stereocenters. The summed E-state index contributed by atoms with van der Waals surface area (Å²) in [7, 11) is 4.01. The maximum atomic E-state index is 12.8. The summed E-state index contributed by atoms with van der Waals surface area (Å²) < 4.78 is 1.99. The second kappa shape index (κ2) is 7.95. The van der Waals surface area contributed by atoms with Crippen molar-refractivity contribution in [3.8, 4) is 0 Å². The van der Waals surface area contributed by atoms with Crippen LogP contribution in [0.3, 0.4) is 0 Å². The van der Waals surface area contributed by atoms with Crippen molar-refractivity contribution in [2.45, 2.75) is 25.4 Å². The Kier molecular flexibility index (Phi) is 5.21. The molecule has 0 spiro atoms. The molecule has 2 aromatic carbocycles. The van der Waals surface area contributed by atoms with Gasteiger partial charge in [-0.1, -0.05) is 42.5 Å². The zero-order chi connectivity index (χ0) is 20.4. The Balaban J connectivity index is 1.43. The van der Waals surface area contributed by atoms with Crippen LogP contribution in [0.25, 0.3) is 0 Å². The van der Waals surface area contributed by atoms with Crippen LogP contribution in [0.2, 0.25) is 0 Å². The molecular weight excluding hydrogens is 362 g/mol. The van der Waals surface area contributed by atoms with Gasteiger partial charge in [-0.3, -0.25) is 9.59 Å². The maximum Gasteiger partial charge on any atom is 0.229 e. The maximum absolute atomic E-state index is 12.8. The Morgan fingerprint density at radius 2 is 1.72 bits per heavy atom. The summed E-state index contributed by atoms with van der Waals surface area (Å²) in [6, 6.07) is 21.2. The number of nitrogens with zero attached hydrogens (tertiary/aromatic N) is 2. The summed E-state index contributed by atoms with van der Waals surface area (Å²) in [4.78, 5) is 27.6. The van der Waals surface area contributed by atoms with Gasteiger partial charge in [-0.25, -0.2) is 0 Å². The van der Waals surface area contributed by atoms with Gasteiger partial charge in [-0.05, 0) is 36.2 Å². The van der Waals surface area contributed by atoms with E-state index in [2.05, 4.69) is 5.32 Å². The predicted octanol–water partition coefficient (Wildman–Crippen LogP) is 3.59. The summed E-state index contributed by atoms with van der Waals surface area (Å²) in [6.07, 6.45) is 0.719. The van der Waals surface area contributed by atoms with Gasteiger partial charge in [0.15, 0.2) is 0 Å². The van der Waals surface area contributed by atoms with Crippen LogP contribution in [0.5, 0.6) is 0 Å². The number of carbonyl (C=O) groups excluding carboxylic acids is 2. The van der Waals surface area contributed by atoms with Gasteiger partial charge in [0.05, 0.1) is 11.6 Å². The molecule has 1 aromatic heterocycles. The monoisotopic (exact) mass is 387 g/mol. The highest BCUT2D eigenvalue weighted by Gasteiger charge is 2.31. The zero-order valence-electron chi connectivity index (χ0n) is 16.8. The number of fused-ring (bicyclic) bond motifs is 1. The average molecular weight is 387 g/mol. The summed E-state index contributed by atoms with van der Waals surface area (Å²) in [5.41, 5.74) is 4.44. The summed E-state index contributed by atoms with van der Waals surface area (Å²) in [5.74, 6) is -0.204. The third-order valence-corrected chi connectivity index (χ3v) is 5.52. The van der Waals surface area contributed by atoms with E-state index in [9.17, 15) is 9.59 Å². The average Bonchev–Trinajstić information content (AvgIpc) is 3.34. The van der Waals surface area contributed by atoms with Crippen molar-refractivity contribution in [3.63, 3.8) is 0 Å². The van der Waals surface area contributed by atoms with Gasteiger partial charge in [-0.15, -0.1) is 0 Å². The van der Waals surface area contributed by atoms with E-state index in [1.54, 1.807) is 0 Å². The second-order valence-corrected chi connectivity index (χ2v) is 7.61. The van der Waals surface area contributed by atoms with Crippen LogP contribution in [0.15, 0.2) is 66.7 Å². The number of aromatic nitrogens is 1. The normalized spacial score (nSPS) is 15.0. The van der Waals surface area contributed by atoms with Crippen molar-refractivity contribution in [3.05, 3.63) is 89.2 Å². The van der Waals surface area contributed by atoms with Crippen molar-refractivity contribution in [2.24, 2.45) is 0 Å². The van der Waals surface area contributed by atoms with Gasteiger partial charge in [0.1, 0.15) is 0 Å². The predicted molar refractivity (Wildman–Crippen MR) is 114 cm³/mol. The Morgan fingerprint density at radius 3 is 2.41 bits per heavy atom. The van der Waals surface area contributed by atoms with E-state index in [0.717, 1.165) is 23.4 Å². The molecule has 1 aliphatic rings. The van der Waals surface area contributed by atoms with Crippen molar-refractivity contribution in [1.29, 1.82) is 0 Å². The molecule has 0 saturated carbocycles. The molecule has 3 aromatic rings. The Bertz CT molecular complexity index is 1020. The standard InChI is InChI=1S/C24H25N3O2/c1-26(2)19-10-8-17(9-11-19)16-25-24(29)20-14-15-27-21(20)12-13-22(27)23(28)18-6-4-3-5-7-18/h3-13,20H,14-16H2,1-2H3,(H,25,29)/t20-/m0/s1. The first-order valence-electron chi connectivity index (χ1n) is 9.88. The Morgan fingerprint density at radius 1 is 1.00 bits per heavy atom. The molecule has 1 aliphatic heterocycles. The third kappa shape index (κ3) is 3.81. The molecule has 29 heavy (non-hydrogen) atoms. The van der Waals surface area contributed by atoms with Gasteiger partial charge in [0.25, 0.3) is 0 Å². The minimum absolute atomic E-state index is 0.00103. The lowest BCUT2D eigenvalue weighted by Crippen LogP contribution is -2.28. The van der Waals surface area contributed by atoms with E-state index in [4.69, 9.17) is 0 Å². The van der Waals surface area contributed by atoms with E-state index in [1.807, 2.05) is 90.3 Å². The fourth-order valence-electron chi connectivity index (χ4n) is 3.87. The number of carbonyl (C=O) groups is 2. The number of ketones is 1. The number of hydrogen-bond donors (Lipinski definition) is 1. The van der Waals surface area contributed by atoms with Crippen molar-refractivity contribution in [1.82, 2.24) is 9.88 Å². The molecule has 0 aliphatic carbocycles. The van der Waals surface area contributed by atoms with Gasteiger partial charge < -0.3 is 14.8 Å². The first kappa shape index (κ1) is 19.0. The van der Waals surface area contributed by atoms with Crippen LogP contribution in [0, 0.1) is 0 Å². The van der Waals surface area contributed by atoms with Crippen molar-refractivity contribution < 1.29 is 9.59 Å². The lowest BCUT2D eigenvalue weighted by molar-refractivity contribution is -0.122. The summed E-state index contributed by atoms with van der Waals surface area (Å²) >= 11 is 0. The quantitative estimate of drug-likeness (QED) is 0.658. The Hall–Kier alpha value is -3.34. The molecule has 0 bridgehead atoms. The number of benzene rings is 2. The molecule has 0 saturated heterocycles. The topological polar surface area (TPSA) is 54.3 Å². The van der Waals surface area contributed by atoms with E-state index in [-0.39, 0.29) is 17.6 Å². The highest BCUT2D eigenvalue weighted by atomic mass is 16.2. The molecule has 0 radical (unpaired) electrons. The number of rotatable bonds is 6. The van der Waals surface area contributed by atoms with E-state index in [1.165, 1.54) is 0 Å². The minimum atomic E-state index is -0.214. The smallest absolute Gasteiger partial charge is 0.229 e. The molecule has 5 heteroatoms. The number of hydrogen-bond acceptors (Lipinski definition) is 3. The molecule has 1 amide bonds. The van der Waals surface area contributed by atoms with Crippen LogP contribution in [-0.2, 0) is 17.9 Å². The molecular formula is C24H25N3O2. The molecule has 0 unspecified atom stereocenters.